The normalized spacial score (nSPS) is 23.6. The number of benzene rings is 1. The fourth-order valence-corrected chi connectivity index (χ4v) is 3.85. The van der Waals surface area contributed by atoms with Crippen LogP contribution in [0.15, 0.2) is 30.3 Å². The average molecular weight is 360 g/mol. The maximum absolute atomic E-state index is 12.1. The lowest BCUT2D eigenvalue weighted by atomic mass is 10.0. The number of nitrogens with one attached hydrogen (secondary N) is 2. The minimum atomic E-state index is -0.882. The first-order valence-electron chi connectivity index (χ1n) is 7.06. The molecule has 2 rings (SSSR count). The van der Waals surface area contributed by atoms with Crippen molar-refractivity contribution in [3.63, 3.8) is 0 Å². The second-order valence-corrected chi connectivity index (χ2v) is 7.64. The van der Waals surface area contributed by atoms with Crippen LogP contribution in [0.3, 0.4) is 0 Å². The molecule has 8 heteroatoms. The minimum Gasteiger partial charge on any atom is -0.480 e. The van der Waals surface area contributed by atoms with E-state index in [4.69, 9.17) is 5.73 Å². The van der Waals surface area contributed by atoms with Gasteiger partial charge in [-0.3, -0.25) is 14.9 Å². The van der Waals surface area contributed by atoms with E-state index in [-0.39, 0.29) is 23.7 Å². The summed E-state index contributed by atoms with van der Waals surface area (Å²) in [5.41, 5.74) is 6.66. The van der Waals surface area contributed by atoms with Crippen LogP contribution in [-0.2, 0) is 9.59 Å². The molecule has 6 nitrogen and oxygen atoms in total. The molecule has 1 aromatic carbocycles. The Balaban J connectivity index is 0.00000264. The van der Waals surface area contributed by atoms with E-state index in [0.717, 1.165) is 5.56 Å². The summed E-state index contributed by atoms with van der Waals surface area (Å²) in [6.07, 6.45) is 0. The van der Waals surface area contributed by atoms with Crippen LogP contribution >= 0.6 is 24.2 Å². The van der Waals surface area contributed by atoms with Crippen molar-refractivity contribution < 1.29 is 14.7 Å². The van der Waals surface area contributed by atoms with Crippen LogP contribution in [0.4, 0.5) is 0 Å². The molecule has 23 heavy (non-hydrogen) atoms. The quantitative estimate of drug-likeness (QED) is 0.628. The number of hydrogen-bond acceptors (Lipinski definition) is 5. The molecular formula is C15H22ClN3O3S. The fraction of sp³-hybridized carbons (Fsp3) is 0.467. The highest BCUT2D eigenvalue weighted by Crippen LogP contribution is 2.37. The molecule has 1 aliphatic rings. The Morgan fingerprint density at radius 3 is 2.52 bits per heavy atom. The monoisotopic (exact) mass is 359 g/mol. The Bertz CT molecular complexity index is 556. The van der Waals surface area contributed by atoms with Gasteiger partial charge in [0.25, 0.3) is 0 Å². The maximum Gasteiger partial charge on any atom is 0.322 e. The van der Waals surface area contributed by atoms with Gasteiger partial charge in [0.15, 0.2) is 0 Å². The number of rotatable bonds is 5. The van der Waals surface area contributed by atoms with E-state index < -0.39 is 22.8 Å². The van der Waals surface area contributed by atoms with Gasteiger partial charge in [0.2, 0.25) is 5.91 Å². The van der Waals surface area contributed by atoms with Crippen molar-refractivity contribution in [1.82, 2.24) is 10.6 Å². The molecule has 0 spiro atoms. The number of halogens is 1. The number of hydrogen-bond donors (Lipinski definition) is 4. The van der Waals surface area contributed by atoms with Crippen LogP contribution in [0.25, 0.3) is 0 Å². The zero-order valence-corrected chi connectivity index (χ0v) is 14.6. The van der Waals surface area contributed by atoms with Crippen LogP contribution in [0.5, 0.6) is 0 Å². The summed E-state index contributed by atoms with van der Waals surface area (Å²) < 4.78 is -0.428. The Labute approximate surface area is 146 Å². The lowest BCUT2D eigenvalue weighted by molar-refractivity contribution is -0.139. The second kappa shape index (κ2) is 8.01. The first kappa shape index (κ1) is 19.8. The Hall–Kier alpha value is -1.28. The Morgan fingerprint density at radius 2 is 2.00 bits per heavy atom. The predicted molar refractivity (Wildman–Crippen MR) is 93.6 cm³/mol. The van der Waals surface area contributed by atoms with Crippen molar-refractivity contribution in [2.75, 3.05) is 6.54 Å². The average Bonchev–Trinajstić information content (AvgIpc) is 2.80. The SMILES string of the molecule is CC1(C)S[C@H](CNC(=O)[C@H](N)c2ccccc2)N[C@H]1C(=O)O.Cl. The predicted octanol–water partition coefficient (Wildman–Crippen LogP) is 1.12. The van der Waals surface area contributed by atoms with Crippen molar-refractivity contribution in [2.45, 2.75) is 36.1 Å². The zero-order chi connectivity index (χ0) is 16.3. The van der Waals surface area contributed by atoms with Gasteiger partial charge in [-0.25, -0.2) is 0 Å². The number of aliphatic carboxylic acids is 1. The van der Waals surface area contributed by atoms with Gasteiger partial charge in [-0.05, 0) is 19.4 Å². The molecule has 0 radical (unpaired) electrons. The van der Waals surface area contributed by atoms with Gasteiger partial charge in [-0.15, -0.1) is 24.2 Å². The van der Waals surface area contributed by atoms with E-state index in [1.54, 1.807) is 12.1 Å². The van der Waals surface area contributed by atoms with Crippen LogP contribution in [0.1, 0.15) is 25.5 Å². The lowest BCUT2D eigenvalue weighted by Gasteiger charge is -2.20. The number of nitrogens with two attached hydrogens (primary N) is 1. The van der Waals surface area contributed by atoms with Gasteiger partial charge in [0, 0.05) is 11.3 Å². The fourth-order valence-electron chi connectivity index (χ4n) is 2.44. The van der Waals surface area contributed by atoms with E-state index in [9.17, 15) is 14.7 Å². The van der Waals surface area contributed by atoms with Crippen molar-refractivity contribution in [1.29, 1.82) is 0 Å². The topological polar surface area (TPSA) is 104 Å². The standard InChI is InChI=1S/C15H21N3O3S.ClH/c1-15(2)12(14(20)21)18-10(22-15)8-17-13(19)11(16)9-6-4-3-5-7-9;/h3-7,10-12,18H,8,16H2,1-2H3,(H,17,19)(H,20,21);1H/t10-,11-,12+;/m1./s1. The molecule has 128 valence electrons. The summed E-state index contributed by atoms with van der Waals surface area (Å²) in [6, 6.07) is 7.76. The number of carboxylic acid groups (broad SMARTS) is 1. The first-order valence-corrected chi connectivity index (χ1v) is 7.94. The lowest BCUT2D eigenvalue weighted by Crippen LogP contribution is -2.47. The van der Waals surface area contributed by atoms with Crippen molar-refractivity contribution in [3.8, 4) is 0 Å². The highest BCUT2D eigenvalue weighted by Gasteiger charge is 2.45. The highest BCUT2D eigenvalue weighted by molar-refractivity contribution is 8.01. The molecule has 3 atom stereocenters. The van der Waals surface area contributed by atoms with Gasteiger partial charge in [0.1, 0.15) is 12.1 Å². The molecular weight excluding hydrogens is 338 g/mol. The summed E-state index contributed by atoms with van der Waals surface area (Å²) in [5.74, 6) is -1.16. The molecule has 1 amide bonds. The third-order valence-corrected chi connectivity index (χ3v) is 5.07. The molecule has 0 bridgehead atoms. The molecule has 1 heterocycles. The summed E-state index contributed by atoms with van der Waals surface area (Å²) in [5, 5.41) is 14.9. The smallest absolute Gasteiger partial charge is 0.322 e. The largest absolute Gasteiger partial charge is 0.480 e. The van der Waals surface area contributed by atoms with Gasteiger partial charge < -0.3 is 16.2 Å². The van der Waals surface area contributed by atoms with Gasteiger partial charge in [0.05, 0.1) is 5.37 Å². The Kier molecular flexibility index (Phi) is 6.88. The van der Waals surface area contributed by atoms with Crippen LogP contribution in [0, 0.1) is 0 Å². The number of carboxylic acids is 1. The van der Waals surface area contributed by atoms with E-state index >= 15 is 0 Å². The number of thioether (sulfide) groups is 1. The molecule has 1 aromatic rings. The third kappa shape index (κ3) is 4.84. The van der Waals surface area contributed by atoms with E-state index in [2.05, 4.69) is 10.6 Å². The van der Waals surface area contributed by atoms with Crippen molar-refractivity contribution >= 4 is 36.0 Å². The van der Waals surface area contributed by atoms with Crippen LogP contribution < -0.4 is 16.4 Å². The first-order chi connectivity index (χ1) is 10.3. The summed E-state index contributed by atoms with van der Waals surface area (Å²) >= 11 is 1.51. The minimum absolute atomic E-state index is 0. The molecule has 1 aliphatic heterocycles. The summed E-state index contributed by atoms with van der Waals surface area (Å²) in [6.45, 7) is 4.08. The third-order valence-electron chi connectivity index (χ3n) is 3.64. The van der Waals surface area contributed by atoms with Crippen molar-refractivity contribution in [3.05, 3.63) is 35.9 Å². The van der Waals surface area contributed by atoms with Gasteiger partial charge >= 0.3 is 5.97 Å². The van der Waals surface area contributed by atoms with E-state index in [1.807, 2.05) is 32.0 Å². The molecule has 1 fully saturated rings. The van der Waals surface area contributed by atoms with Crippen LogP contribution in [0.2, 0.25) is 0 Å². The maximum atomic E-state index is 12.1. The molecule has 0 saturated carbocycles. The highest BCUT2D eigenvalue weighted by atomic mass is 35.5. The summed E-state index contributed by atoms with van der Waals surface area (Å²) in [7, 11) is 0. The molecule has 0 aliphatic carbocycles. The molecule has 5 N–H and O–H groups in total. The van der Waals surface area contributed by atoms with Crippen LogP contribution in [-0.4, -0.2) is 39.7 Å². The number of carbonyl (C=O) groups is 2. The molecule has 0 unspecified atom stereocenters. The number of carbonyl (C=O) groups excluding carboxylic acids is 1. The number of amides is 1. The van der Waals surface area contributed by atoms with E-state index in [1.165, 1.54) is 11.8 Å². The Morgan fingerprint density at radius 1 is 1.39 bits per heavy atom. The summed E-state index contributed by atoms with van der Waals surface area (Å²) in [4.78, 5) is 23.3. The van der Waals surface area contributed by atoms with Gasteiger partial charge in [-0.2, -0.15) is 0 Å². The second-order valence-electron chi connectivity index (χ2n) is 5.78. The zero-order valence-electron chi connectivity index (χ0n) is 13.0. The van der Waals surface area contributed by atoms with E-state index in [0.29, 0.717) is 6.54 Å². The molecule has 0 aromatic heterocycles. The van der Waals surface area contributed by atoms with Crippen molar-refractivity contribution in [2.24, 2.45) is 5.73 Å². The molecule has 1 saturated heterocycles. The van der Waals surface area contributed by atoms with Gasteiger partial charge in [-0.1, -0.05) is 30.3 Å².